The molecule has 4 radical (unpaired) electrons. The van der Waals surface area contributed by atoms with Gasteiger partial charge in [0.25, 0.3) is 0 Å². The third-order valence-corrected chi connectivity index (χ3v) is 0. The molecule has 0 aliphatic rings. The summed E-state index contributed by atoms with van der Waals surface area (Å²) < 4.78 is 0. The van der Waals surface area contributed by atoms with Crippen LogP contribution in [0.15, 0.2) is 13.2 Å². The molecule has 3 heteroatoms. The van der Waals surface area contributed by atoms with Crippen LogP contribution in [0, 0.1) is 0 Å². The Morgan fingerprint density at radius 2 is 0.800 bits per heavy atom. The number of hydrogen-bond acceptors (Lipinski definition) is 0. The molecule has 0 spiro atoms. The molecule has 0 nitrogen and oxygen atoms in total. The summed E-state index contributed by atoms with van der Waals surface area (Å²) in [6.07, 6.45) is 0. The zero-order chi connectivity index (χ0) is 2.00. The fourth-order valence-electron chi connectivity index (χ4n) is 0. The van der Waals surface area contributed by atoms with Crippen molar-refractivity contribution in [3.8, 4) is 0 Å². The molecule has 0 aromatic heterocycles. The minimum absolute atomic E-state index is 0. The fraction of sp³-hybridized carbons (Fsp3) is 0. The van der Waals surface area contributed by atoms with Crippen molar-refractivity contribution in [2.45, 2.75) is 0 Å². The monoisotopic (exact) mass is 162 g/mol. The molecule has 0 aromatic rings. The Hall–Kier alpha value is 3.22. The van der Waals surface area contributed by atoms with E-state index in [0.717, 1.165) is 0 Å². The molecule has 16 valence electrons. The van der Waals surface area contributed by atoms with E-state index in [9.17, 15) is 0 Å². The first kappa shape index (κ1) is 24.1. The van der Waals surface area contributed by atoms with E-state index in [0.29, 0.717) is 0 Å². The molecular weight excluding hydrogens is 158 g/mol. The van der Waals surface area contributed by atoms with Crippen molar-refractivity contribution < 1.29 is 0 Å². The summed E-state index contributed by atoms with van der Waals surface area (Å²) in [7, 11) is 0. The maximum Gasteiger partial charge on any atom is 0 e. The molecule has 0 heterocycles. The molecule has 0 saturated carbocycles. The normalized spacial score (nSPS) is 0.800. The predicted octanol–water partition coefficient (Wildman–Crippen LogP) is -0.340. The van der Waals surface area contributed by atoms with Crippen molar-refractivity contribution in [2.75, 3.05) is 0 Å². The van der Waals surface area contributed by atoms with Gasteiger partial charge in [-0.2, -0.15) is 0 Å². The fourth-order valence-corrected chi connectivity index (χ4v) is 0. The molecule has 0 aliphatic carbocycles. The van der Waals surface area contributed by atoms with Gasteiger partial charge in [0.2, 0.25) is 0 Å². The average Bonchev–Trinajstić information content (AvgIpc) is 1.00. The SMILES string of the molecule is C=C.[Na].[Na].[Sr]. The standard InChI is InChI=1S/C2H4.2Na.Sr/c1-2;;;/h1-2H2;;;. The quantitative estimate of drug-likeness (QED) is 0.337. The Morgan fingerprint density at radius 3 is 0.800 bits per heavy atom. The van der Waals surface area contributed by atoms with E-state index in [2.05, 4.69) is 13.2 Å². The summed E-state index contributed by atoms with van der Waals surface area (Å²) in [5.41, 5.74) is 0. The summed E-state index contributed by atoms with van der Waals surface area (Å²) in [5, 5.41) is 0. The van der Waals surface area contributed by atoms with Crippen molar-refractivity contribution in [2.24, 2.45) is 0 Å². The Kier molecular flexibility index (Phi) is 130. The van der Waals surface area contributed by atoms with Crippen molar-refractivity contribution in [1.82, 2.24) is 0 Å². The number of hydrogen-bond donors (Lipinski definition) is 0. The summed E-state index contributed by atoms with van der Waals surface area (Å²) >= 11 is 0. The van der Waals surface area contributed by atoms with Crippen LogP contribution in [-0.2, 0) is 0 Å². The van der Waals surface area contributed by atoms with Crippen LogP contribution in [0.4, 0.5) is 0 Å². The Balaban J connectivity index is -0.00000000167. The second-order valence-corrected chi connectivity index (χ2v) is 0. The summed E-state index contributed by atoms with van der Waals surface area (Å²) in [4.78, 5) is 0. The van der Waals surface area contributed by atoms with E-state index in [4.69, 9.17) is 0 Å². The third kappa shape index (κ3) is 19.0. The van der Waals surface area contributed by atoms with Crippen LogP contribution < -0.4 is 0 Å². The Morgan fingerprint density at radius 1 is 0.800 bits per heavy atom. The van der Waals surface area contributed by atoms with E-state index < -0.39 is 0 Å². The largest absolute Gasteiger partial charge is 0.106 e. The van der Waals surface area contributed by atoms with E-state index in [1.54, 1.807) is 0 Å². The van der Waals surface area contributed by atoms with Gasteiger partial charge in [0.15, 0.2) is 0 Å². The van der Waals surface area contributed by atoms with Crippen molar-refractivity contribution >= 4 is 105 Å². The maximum atomic E-state index is 3.00. The van der Waals surface area contributed by atoms with Gasteiger partial charge in [0.1, 0.15) is 0 Å². The molecule has 0 aromatic carbocycles. The van der Waals surface area contributed by atoms with Crippen LogP contribution in [0.25, 0.3) is 0 Å². The second kappa shape index (κ2) is 26.9. The molecule has 5 heavy (non-hydrogen) atoms. The van der Waals surface area contributed by atoms with Crippen molar-refractivity contribution in [3.63, 3.8) is 0 Å². The first-order valence-corrected chi connectivity index (χ1v) is 0.500. The second-order valence-electron chi connectivity index (χ2n) is 0. The molecule has 0 unspecified atom stereocenters. The molecule has 0 atom stereocenters. The molecule has 0 aliphatic heterocycles. The molecule has 0 saturated heterocycles. The first-order chi connectivity index (χ1) is 1.00. The molecule has 0 fully saturated rings. The van der Waals surface area contributed by atoms with E-state index >= 15 is 0 Å². The smallest absolute Gasteiger partial charge is 0 e. The predicted molar refractivity (Wildman–Crippen MR) is 28.5 cm³/mol. The third-order valence-electron chi connectivity index (χ3n) is 0. The summed E-state index contributed by atoms with van der Waals surface area (Å²) in [6.45, 7) is 6.00. The van der Waals surface area contributed by atoms with Gasteiger partial charge in [-0.05, 0) is 0 Å². The Bertz CT molecular complexity index is 7.61. The van der Waals surface area contributed by atoms with Crippen LogP contribution in [0.5, 0.6) is 0 Å². The topological polar surface area (TPSA) is 0 Å². The van der Waals surface area contributed by atoms with Crippen LogP contribution in [-0.4, -0.2) is 105 Å². The van der Waals surface area contributed by atoms with E-state index in [-0.39, 0.29) is 105 Å². The minimum Gasteiger partial charge on any atom is -0.106 e. The van der Waals surface area contributed by atoms with Crippen LogP contribution in [0.3, 0.4) is 0 Å². The van der Waals surface area contributed by atoms with Crippen LogP contribution in [0.1, 0.15) is 0 Å². The van der Waals surface area contributed by atoms with Crippen LogP contribution in [0.2, 0.25) is 0 Å². The summed E-state index contributed by atoms with van der Waals surface area (Å²) in [6, 6.07) is 0. The zero-order valence-electron chi connectivity index (χ0n) is 4.12. The van der Waals surface area contributed by atoms with Gasteiger partial charge in [0, 0.05) is 105 Å². The van der Waals surface area contributed by atoms with Gasteiger partial charge in [-0.3, -0.25) is 0 Å². The van der Waals surface area contributed by atoms with Gasteiger partial charge in [0.05, 0.1) is 0 Å². The van der Waals surface area contributed by atoms with Crippen molar-refractivity contribution in [3.05, 3.63) is 13.2 Å². The van der Waals surface area contributed by atoms with Crippen molar-refractivity contribution in [1.29, 1.82) is 0 Å². The van der Waals surface area contributed by atoms with Crippen LogP contribution >= 0.6 is 0 Å². The van der Waals surface area contributed by atoms with E-state index in [1.165, 1.54) is 0 Å². The first-order valence-electron chi connectivity index (χ1n) is 0.500. The molecule has 0 bridgehead atoms. The zero-order valence-corrected chi connectivity index (χ0v) is 11.6. The Labute approximate surface area is 115 Å². The summed E-state index contributed by atoms with van der Waals surface area (Å²) in [5.74, 6) is 0. The average molecular weight is 162 g/mol. The minimum atomic E-state index is 0. The van der Waals surface area contributed by atoms with Gasteiger partial charge in [-0.25, -0.2) is 0 Å². The maximum absolute atomic E-state index is 3.00. The number of rotatable bonds is 0. The van der Waals surface area contributed by atoms with Gasteiger partial charge >= 0.3 is 0 Å². The van der Waals surface area contributed by atoms with Gasteiger partial charge < -0.3 is 0 Å². The molecule has 0 amide bonds. The van der Waals surface area contributed by atoms with Gasteiger partial charge in [-0.1, -0.05) is 0 Å². The van der Waals surface area contributed by atoms with E-state index in [1.807, 2.05) is 0 Å². The molecule has 0 N–H and O–H groups in total. The van der Waals surface area contributed by atoms with Gasteiger partial charge in [-0.15, -0.1) is 13.2 Å². The molecule has 0 rings (SSSR count). The molecular formula is C2H4Na2Sr.